The van der Waals surface area contributed by atoms with Crippen molar-refractivity contribution in [2.24, 2.45) is 0 Å². The molecule has 1 N–H and O–H groups in total. The average molecular weight is 423 g/mol. The third-order valence-electron chi connectivity index (χ3n) is 5.04. The van der Waals surface area contributed by atoms with E-state index >= 15 is 0 Å². The third-order valence-corrected chi connectivity index (χ3v) is 6.97. The van der Waals surface area contributed by atoms with Gasteiger partial charge in [-0.2, -0.15) is 24.9 Å². The van der Waals surface area contributed by atoms with Crippen LogP contribution in [0.25, 0.3) is 16.5 Å². The van der Waals surface area contributed by atoms with Gasteiger partial charge in [0.15, 0.2) is 0 Å². The Hall–Kier alpha value is -1.70. The predicted octanol–water partition coefficient (Wildman–Crippen LogP) is 6.27. The number of thiophene rings is 1. The van der Waals surface area contributed by atoms with Crippen molar-refractivity contribution in [1.29, 1.82) is 0 Å². The lowest BCUT2D eigenvalue weighted by atomic mass is 10.1. The molecule has 0 spiro atoms. The summed E-state index contributed by atoms with van der Waals surface area (Å²) in [5.41, 5.74) is 2.54. The van der Waals surface area contributed by atoms with E-state index in [4.69, 9.17) is 0 Å². The summed E-state index contributed by atoms with van der Waals surface area (Å²) >= 11 is 3.56. The van der Waals surface area contributed by atoms with Crippen LogP contribution in [0, 0.1) is 0 Å². The van der Waals surface area contributed by atoms with Crippen LogP contribution in [-0.4, -0.2) is 35.3 Å². The number of benzene rings is 1. The summed E-state index contributed by atoms with van der Waals surface area (Å²) in [5.74, 6) is 1.68. The molecule has 148 valence electrons. The van der Waals surface area contributed by atoms with Crippen LogP contribution in [0.15, 0.2) is 48.0 Å². The molecule has 0 unspecified atom stereocenters. The monoisotopic (exact) mass is 422 g/mol. The molecule has 1 aliphatic heterocycles. The van der Waals surface area contributed by atoms with Crippen LogP contribution in [0.1, 0.15) is 22.4 Å². The van der Waals surface area contributed by atoms with Crippen LogP contribution < -0.4 is 0 Å². The molecule has 1 aromatic carbocycles. The molecule has 2 aromatic heterocycles. The number of hydrogen-bond donors (Lipinski definition) is 1. The molecule has 28 heavy (non-hydrogen) atoms. The van der Waals surface area contributed by atoms with Gasteiger partial charge in [-0.3, -0.25) is 4.90 Å². The number of hydrogen-bond acceptors (Lipinski definition) is 3. The Balaban J connectivity index is 1.29. The smallest absolute Gasteiger partial charge is 0.361 e. The van der Waals surface area contributed by atoms with Gasteiger partial charge in [0.25, 0.3) is 0 Å². The first-order chi connectivity index (χ1) is 13.5. The summed E-state index contributed by atoms with van der Waals surface area (Å²) in [7, 11) is 0. The number of aromatic amines is 1. The molecule has 0 bridgehead atoms. The SMILES string of the molecule is FC(F)(F)c1ccc2[nH]cc(CSCCN3CC=C(c4cccs4)CC3)c2c1. The highest BCUT2D eigenvalue weighted by atomic mass is 32.2. The molecular formula is C21H21F3N2S2. The lowest BCUT2D eigenvalue weighted by Gasteiger charge is -2.25. The highest BCUT2D eigenvalue weighted by Crippen LogP contribution is 2.33. The van der Waals surface area contributed by atoms with Crippen LogP contribution >= 0.6 is 23.1 Å². The van der Waals surface area contributed by atoms with Crippen molar-refractivity contribution >= 4 is 39.6 Å². The molecule has 4 rings (SSSR count). The van der Waals surface area contributed by atoms with Crippen molar-refractivity contribution in [3.8, 4) is 0 Å². The molecule has 0 saturated carbocycles. The van der Waals surface area contributed by atoms with Gasteiger partial charge >= 0.3 is 6.18 Å². The van der Waals surface area contributed by atoms with Crippen LogP contribution in [0.3, 0.4) is 0 Å². The lowest BCUT2D eigenvalue weighted by molar-refractivity contribution is -0.137. The first kappa shape index (κ1) is 19.6. The Morgan fingerprint density at radius 1 is 1.21 bits per heavy atom. The van der Waals surface area contributed by atoms with Crippen molar-refractivity contribution in [1.82, 2.24) is 9.88 Å². The van der Waals surface area contributed by atoms with Gasteiger partial charge in [0.05, 0.1) is 5.56 Å². The summed E-state index contributed by atoms with van der Waals surface area (Å²) in [4.78, 5) is 6.88. The minimum absolute atomic E-state index is 0.590. The van der Waals surface area contributed by atoms with E-state index < -0.39 is 11.7 Å². The highest BCUT2D eigenvalue weighted by molar-refractivity contribution is 7.98. The largest absolute Gasteiger partial charge is 0.416 e. The number of thioether (sulfide) groups is 1. The molecule has 2 nitrogen and oxygen atoms in total. The van der Waals surface area contributed by atoms with Crippen LogP contribution in [-0.2, 0) is 11.9 Å². The quantitative estimate of drug-likeness (QED) is 0.472. The lowest BCUT2D eigenvalue weighted by Crippen LogP contribution is -2.30. The van der Waals surface area contributed by atoms with Gasteiger partial charge < -0.3 is 4.98 Å². The predicted molar refractivity (Wildman–Crippen MR) is 113 cm³/mol. The Morgan fingerprint density at radius 2 is 2.11 bits per heavy atom. The van der Waals surface area contributed by atoms with Crippen molar-refractivity contribution < 1.29 is 13.2 Å². The summed E-state index contributed by atoms with van der Waals surface area (Å²) in [5, 5.41) is 2.78. The summed E-state index contributed by atoms with van der Waals surface area (Å²) in [6, 6.07) is 8.16. The fourth-order valence-corrected chi connectivity index (χ4v) is 5.24. The summed E-state index contributed by atoms with van der Waals surface area (Å²) in [6.45, 7) is 3.02. The first-order valence-corrected chi connectivity index (χ1v) is 11.2. The molecule has 0 radical (unpaired) electrons. The maximum atomic E-state index is 13.0. The zero-order chi connectivity index (χ0) is 19.6. The fraction of sp³-hybridized carbons (Fsp3) is 0.333. The average Bonchev–Trinajstić information content (AvgIpc) is 3.35. The third kappa shape index (κ3) is 4.47. The number of nitrogens with zero attached hydrogens (tertiary/aromatic N) is 1. The van der Waals surface area contributed by atoms with E-state index in [1.54, 1.807) is 23.1 Å². The second-order valence-corrected chi connectivity index (χ2v) is 8.93. The summed E-state index contributed by atoms with van der Waals surface area (Å²) in [6.07, 6.45) is 0.917. The van der Waals surface area contributed by atoms with Gasteiger partial charge in [0, 0.05) is 53.1 Å². The minimum atomic E-state index is -4.31. The maximum Gasteiger partial charge on any atom is 0.416 e. The van der Waals surface area contributed by atoms with Crippen LogP contribution in [0.4, 0.5) is 13.2 Å². The van der Waals surface area contributed by atoms with Crippen molar-refractivity contribution in [3.63, 3.8) is 0 Å². The van der Waals surface area contributed by atoms with Gasteiger partial charge in [0.1, 0.15) is 0 Å². The normalized spacial score (nSPS) is 15.9. The van der Waals surface area contributed by atoms with E-state index in [2.05, 4.69) is 33.5 Å². The van der Waals surface area contributed by atoms with E-state index in [0.717, 1.165) is 49.0 Å². The Labute approximate surface area is 170 Å². The zero-order valence-corrected chi connectivity index (χ0v) is 16.9. The molecule has 7 heteroatoms. The fourth-order valence-electron chi connectivity index (χ4n) is 3.45. The van der Waals surface area contributed by atoms with E-state index in [0.29, 0.717) is 11.1 Å². The number of fused-ring (bicyclic) bond motifs is 1. The van der Waals surface area contributed by atoms with Gasteiger partial charge in [-0.15, -0.1) is 11.3 Å². The second-order valence-electron chi connectivity index (χ2n) is 6.88. The van der Waals surface area contributed by atoms with Gasteiger partial charge in [0.2, 0.25) is 0 Å². The number of alkyl halides is 3. The van der Waals surface area contributed by atoms with E-state index in [1.807, 2.05) is 6.20 Å². The highest BCUT2D eigenvalue weighted by Gasteiger charge is 2.30. The topological polar surface area (TPSA) is 19.0 Å². The van der Waals surface area contributed by atoms with E-state index in [1.165, 1.54) is 22.6 Å². The Kier molecular flexibility index (Phi) is 5.85. The van der Waals surface area contributed by atoms with Crippen LogP contribution in [0.5, 0.6) is 0 Å². The number of nitrogens with one attached hydrogen (secondary N) is 1. The van der Waals surface area contributed by atoms with E-state index in [9.17, 15) is 13.2 Å². The Bertz CT molecular complexity index is 958. The number of rotatable bonds is 6. The molecule has 0 saturated heterocycles. The standard InChI is InChI=1S/C21H21F3N2S2/c22-21(23,24)17-3-4-19-18(12-17)16(13-25-19)14-27-11-9-26-7-5-15(6-8-26)20-2-1-10-28-20/h1-5,10,12-13,25H,6-9,11,14H2. The summed E-state index contributed by atoms with van der Waals surface area (Å²) < 4.78 is 38.9. The molecule has 1 aliphatic rings. The van der Waals surface area contributed by atoms with Crippen molar-refractivity contribution in [3.05, 3.63) is 64.0 Å². The molecule has 0 fully saturated rings. The van der Waals surface area contributed by atoms with Gasteiger partial charge in [-0.05, 0) is 47.2 Å². The second kappa shape index (κ2) is 8.35. The maximum absolute atomic E-state index is 13.0. The molecular weight excluding hydrogens is 401 g/mol. The molecule has 0 amide bonds. The molecule has 3 heterocycles. The van der Waals surface area contributed by atoms with Crippen LogP contribution in [0.2, 0.25) is 0 Å². The van der Waals surface area contributed by atoms with Gasteiger partial charge in [-0.25, -0.2) is 0 Å². The van der Waals surface area contributed by atoms with Gasteiger partial charge in [-0.1, -0.05) is 12.1 Å². The minimum Gasteiger partial charge on any atom is -0.361 e. The number of aromatic nitrogens is 1. The molecule has 0 atom stereocenters. The van der Waals surface area contributed by atoms with Crippen molar-refractivity contribution in [2.45, 2.75) is 18.3 Å². The van der Waals surface area contributed by atoms with Crippen molar-refractivity contribution in [2.75, 3.05) is 25.4 Å². The number of halogens is 3. The first-order valence-electron chi connectivity index (χ1n) is 9.21. The van der Waals surface area contributed by atoms with E-state index in [-0.39, 0.29) is 0 Å². The Morgan fingerprint density at radius 3 is 2.82 bits per heavy atom. The number of H-pyrrole nitrogens is 1. The zero-order valence-electron chi connectivity index (χ0n) is 15.3. The molecule has 3 aromatic rings. The molecule has 0 aliphatic carbocycles.